The Balaban J connectivity index is 2.06. The normalized spacial score (nSPS) is 20.9. The maximum absolute atomic E-state index is 13.9. The van der Waals surface area contributed by atoms with Gasteiger partial charge in [0.1, 0.15) is 6.33 Å². The molecule has 17 heavy (non-hydrogen) atoms. The van der Waals surface area contributed by atoms with Crippen LogP contribution in [0.25, 0.3) is 0 Å². The van der Waals surface area contributed by atoms with Crippen molar-refractivity contribution in [2.75, 3.05) is 18.4 Å². The van der Waals surface area contributed by atoms with Gasteiger partial charge < -0.3 is 10.6 Å². The highest BCUT2D eigenvalue weighted by atomic mass is 19.1. The molecule has 0 bridgehead atoms. The minimum Gasteiger partial charge on any atom is -0.364 e. The first-order valence-electron chi connectivity index (χ1n) is 6.28. The van der Waals surface area contributed by atoms with Gasteiger partial charge in [0.05, 0.1) is 5.69 Å². The Kier molecular flexibility index (Phi) is 4.25. The Hall–Kier alpha value is -1.23. The van der Waals surface area contributed by atoms with Crippen molar-refractivity contribution in [3.8, 4) is 0 Å². The lowest BCUT2D eigenvalue weighted by Crippen LogP contribution is -2.31. The first-order chi connectivity index (χ1) is 8.31. The first kappa shape index (κ1) is 12.2. The van der Waals surface area contributed by atoms with E-state index in [1.807, 2.05) is 6.92 Å². The maximum atomic E-state index is 13.9. The van der Waals surface area contributed by atoms with Crippen LogP contribution in [0, 0.1) is 5.82 Å². The summed E-state index contributed by atoms with van der Waals surface area (Å²) in [5.74, 6) is 0.0322. The Morgan fingerprint density at radius 3 is 3.18 bits per heavy atom. The van der Waals surface area contributed by atoms with Gasteiger partial charge in [-0.1, -0.05) is 13.3 Å². The van der Waals surface area contributed by atoms with Gasteiger partial charge in [0.2, 0.25) is 0 Å². The highest BCUT2D eigenvalue weighted by molar-refractivity contribution is 5.38. The van der Waals surface area contributed by atoms with E-state index in [1.54, 1.807) is 0 Å². The fourth-order valence-electron chi connectivity index (χ4n) is 2.09. The van der Waals surface area contributed by atoms with Crippen LogP contribution in [0.4, 0.5) is 10.2 Å². The summed E-state index contributed by atoms with van der Waals surface area (Å²) in [6, 6.07) is 0.256. The second-order valence-electron chi connectivity index (χ2n) is 4.38. The standard InChI is InChI=1S/C12H19FN4/c1-2-10-11(13)12(16-8-15-10)17-9-5-3-4-6-14-7-9/h8-9,14H,2-7H2,1H3,(H,15,16,17). The zero-order valence-corrected chi connectivity index (χ0v) is 10.2. The van der Waals surface area contributed by atoms with Gasteiger partial charge in [-0.05, 0) is 25.8 Å². The van der Waals surface area contributed by atoms with Gasteiger partial charge in [-0.3, -0.25) is 0 Å². The number of nitrogens with zero attached hydrogens (tertiary/aromatic N) is 2. The van der Waals surface area contributed by atoms with Crippen LogP contribution in [-0.4, -0.2) is 29.1 Å². The predicted molar refractivity (Wildman–Crippen MR) is 65.5 cm³/mol. The summed E-state index contributed by atoms with van der Waals surface area (Å²) in [7, 11) is 0. The third-order valence-corrected chi connectivity index (χ3v) is 3.08. The molecule has 5 heteroatoms. The van der Waals surface area contributed by atoms with E-state index in [9.17, 15) is 4.39 Å². The summed E-state index contributed by atoms with van der Waals surface area (Å²) < 4.78 is 13.9. The largest absolute Gasteiger partial charge is 0.364 e. The molecule has 4 nitrogen and oxygen atoms in total. The molecular weight excluding hydrogens is 219 g/mol. The molecule has 2 rings (SSSR count). The summed E-state index contributed by atoms with van der Waals surface area (Å²) in [6.07, 6.45) is 5.42. The molecule has 2 N–H and O–H groups in total. The molecule has 0 aliphatic carbocycles. The van der Waals surface area contributed by atoms with Crippen molar-refractivity contribution in [3.63, 3.8) is 0 Å². The van der Waals surface area contributed by atoms with Crippen LogP contribution >= 0.6 is 0 Å². The van der Waals surface area contributed by atoms with E-state index in [0.717, 1.165) is 25.9 Å². The summed E-state index contributed by atoms with van der Waals surface area (Å²) in [6.45, 7) is 3.80. The molecule has 0 amide bonds. The number of anilines is 1. The van der Waals surface area contributed by atoms with Crippen LogP contribution < -0.4 is 10.6 Å². The highest BCUT2D eigenvalue weighted by Gasteiger charge is 2.15. The van der Waals surface area contributed by atoms with Gasteiger partial charge in [-0.2, -0.15) is 0 Å². The molecule has 1 aliphatic rings. The van der Waals surface area contributed by atoms with Crippen molar-refractivity contribution in [1.82, 2.24) is 15.3 Å². The molecule has 1 aromatic rings. The SMILES string of the molecule is CCc1ncnc(NC2CCCCNC2)c1F. The van der Waals surface area contributed by atoms with Crippen molar-refractivity contribution >= 4 is 5.82 Å². The number of halogens is 1. The van der Waals surface area contributed by atoms with E-state index in [0.29, 0.717) is 17.9 Å². The van der Waals surface area contributed by atoms with E-state index in [4.69, 9.17) is 0 Å². The fraction of sp³-hybridized carbons (Fsp3) is 0.667. The molecule has 0 spiro atoms. The summed E-state index contributed by atoms with van der Waals surface area (Å²) >= 11 is 0. The number of hydrogen-bond acceptors (Lipinski definition) is 4. The zero-order valence-electron chi connectivity index (χ0n) is 10.2. The van der Waals surface area contributed by atoms with Crippen LogP contribution in [0.2, 0.25) is 0 Å². The minimum absolute atomic E-state index is 0.256. The number of hydrogen-bond donors (Lipinski definition) is 2. The average Bonchev–Trinajstić information content (AvgIpc) is 2.60. The minimum atomic E-state index is -0.306. The molecule has 1 fully saturated rings. The molecule has 1 atom stereocenters. The Bertz CT molecular complexity index is 362. The van der Waals surface area contributed by atoms with E-state index in [-0.39, 0.29) is 11.9 Å². The smallest absolute Gasteiger partial charge is 0.186 e. The summed E-state index contributed by atoms with van der Waals surface area (Å²) in [5.41, 5.74) is 0.476. The number of rotatable bonds is 3. The van der Waals surface area contributed by atoms with E-state index < -0.39 is 0 Å². The highest BCUT2D eigenvalue weighted by Crippen LogP contribution is 2.16. The second kappa shape index (κ2) is 5.91. The fourth-order valence-corrected chi connectivity index (χ4v) is 2.09. The average molecular weight is 238 g/mol. The lowest BCUT2D eigenvalue weighted by molar-refractivity contribution is 0.581. The Labute approximate surface area is 101 Å². The van der Waals surface area contributed by atoms with Gasteiger partial charge >= 0.3 is 0 Å². The topological polar surface area (TPSA) is 49.8 Å². The molecule has 1 aliphatic heterocycles. The molecule has 1 aromatic heterocycles. The van der Waals surface area contributed by atoms with Gasteiger partial charge in [-0.25, -0.2) is 14.4 Å². The number of aryl methyl sites for hydroxylation is 1. The zero-order chi connectivity index (χ0) is 12.1. The number of nitrogens with one attached hydrogen (secondary N) is 2. The van der Waals surface area contributed by atoms with Crippen LogP contribution in [0.5, 0.6) is 0 Å². The monoisotopic (exact) mass is 238 g/mol. The van der Waals surface area contributed by atoms with Gasteiger partial charge in [-0.15, -0.1) is 0 Å². The predicted octanol–water partition coefficient (Wildman–Crippen LogP) is 1.73. The Morgan fingerprint density at radius 2 is 2.35 bits per heavy atom. The third kappa shape index (κ3) is 3.12. The van der Waals surface area contributed by atoms with Crippen molar-refractivity contribution in [2.24, 2.45) is 0 Å². The van der Waals surface area contributed by atoms with Crippen molar-refractivity contribution in [3.05, 3.63) is 17.8 Å². The van der Waals surface area contributed by atoms with Crippen LogP contribution in [0.1, 0.15) is 31.9 Å². The molecule has 94 valence electrons. The summed E-state index contributed by atoms with van der Waals surface area (Å²) in [4.78, 5) is 7.91. The maximum Gasteiger partial charge on any atom is 0.186 e. The Morgan fingerprint density at radius 1 is 1.47 bits per heavy atom. The van der Waals surface area contributed by atoms with Gasteiger partial charge in [0.15, 0.2) is 11.6 Å². The number of aromatic nitrogens is 2. The van der Waals surface area contributed by atoms with E-state index >= 15 is 0 Å². The molecular formula is C12H19FN4. The van der Waals surface area contributed by atoms with Gasteiger partial charge in [0.25, 0.3) is 0 Å². The second-order valence-corrected chi connectivity index (χ2v) is 4.38. The van der Waals surface area contributed by atoms with Gasteiger partial charge in [0, 0.05) is 12.6 Å². The van der Waals surface area contributed by atoms with Crippen molar-refractivity contribution in [1.29, 1.82) is 0 Å². The van der Waals surface area contributed by atoms with Crippen molar-refractivity contribution in [2.45, 2.75) is 38.6 Å². The lowest BCUT2D eigenvalue weighted by Gasteiger charge is -2.17. The first-order valence-corrected chi connectivity index (χ1v) is 6.28. The quantitative estimate of drug-likeness (QED) is 0.842. The molecule has 0 saturated carbocycles. The van der Waals surface area contributed by atoms with Crippen LogP contribution in [0.15, 0.2) is 6.33 Å². The molecule has 0 aromatic carbocycles. The van der Waals surface area contributed by atoms with E-state index in [2.05, 4.69) is 20.6 Å². The lowest BCUT2D eigenvalue weighted by atomic mass is 10.1. The third-order valence-electron chi connectivity index (χ3n) is 3.08. The van der Waals surface area contributed by atoms with E-state index in [1.165, 1.54) is 12.7 Å². The molecule has 1 saturated heterocycles. The van der Waals surface area contributed by atoms with Crippen LogP contribution in [0.3, 0.4) is 0 Å². The van der Waals surface area contributed by atoms with Crippen molar-refractivity contribution < 1.29 is 4.39 Å². The summed E-state index contributed by atoms with van der Waals surface area (Å²) in [5, 5.41) is 6.51. The van der Waals surface area contributed by atoms with Crippen LogP contribution in [-0.2, 0) is 6.42 Å². The molecule has 1 unspecified atom stereocenters. The molecule has 2 heterocycles. The molecule has 0 radical (unpaired) electrons.